The third-order valence-corrected chi connectivity index (χ3v) is 3.33. The van der Waals surface area contributed by atoms with Crippen molar-refractivity contribution >= 4 is 5.57 Å². The van der Waals surface area contributed by atoms with Crippen LogP contribution in [0.1, 0.15) is 36.0 Å². The summed E-state index contributed by atoms with van der Waals surface area (Å²) in [5.74, 6) is 0. The van der Waals surface area contributed by atoms with Crippen LogP contribution >= 0.6 is 0 Å². The SMILES string of the molecule is Cc1ccc(C2=CCC(N)CC2)cc1C. The first-order chi connectivity index (χ1) is 7.16. The molecule has 0 fully saturated rings. The molecule has 80 valence electrons. The minimum absolute atomic E-state index is 0.375. The van der Waals surface area contributed by atoms with Crippen LogP contribution in [-0.4, -0.2) is 6.04 Å². The van der Waals surface area contributed by atoms with Gasteiger partial charge in [-0.2, -0.15) is 0 Å². The minimum atomic E-state index is 0.375. The smallest absolute Gasteiger partial charge is 0.00767 e. The lowest BCUT2D eigenvalue weighted by Crippen LogP contribution is -2.21. The standard InChI is InChI=1S/C14H19N/c1-10-3-4-13(9-11(10)2)12-5-7-14(15)8-6-12/h3-5,9,14H,6-8,15H2,1-2H3. The van der Waals surface area contributed by atoms with Crippen LogP contribution in [0.2, 0.25) is 0 Å². The van der Waals surface area contributed by atoms with E-state index in [2.05, 4.69) is 38.1 Å². The van der Waals surface area contributed by atoms with Crippen LogP contribution in [0.25, 0.3) is 5.57 Å². The molecule has 1 aromatic carbocycles. The molecule has 1 atom stereocenters. The summed E-state index contributed by atoms with van der Waals surface area (Å²) in [5.41, 5.74) is 11.5. The van der Waals surface area contributed by atoms with E-state index in [1.165, 1.54) is 22.3 Å². The molecule has 0 aliphatic heterocycles. The van der Waals surface area contributed by atoms with Gasteiger partial charge in [0.1, 0.15) is 0 Å². The summed E-state index contributed by atoms with van der Waals surface area (Å²) >= 11 is 0. The van der Waals surface area contributed by atoms with Crippen molar-refractivity contribution in [3.8, 4) is 0 Å². The molecule has 0 spiro atoms. The van der Waals surface area contributed by atoms with Crippen molar-refractivity contribution in [2.75, 3.05) is 0 Å². The Labute approximate surface area is 92.0 Å². The van der Waals surface area contributed by atoms with Crippen LogP contribution in [0.5, 0.6) is 0 Å². The normalized spacial score (nSPS) is 21.3. The van der Waals surface area contributed by atoms with Gasteiger partial charge < -0.3 is 5.73 Å². The molecule has 0 bridgehead atoms. The highest BCUT2D eigenvalue weighted by atomic mass is 14.6. The lowest BCUT2D eigenvalue weighted by Gasteiger charge is -2.19. The first-order valence-corrected chi connectivity index (χ1v) is 5.69. The maximum Gasteiger partial charge on any atom is 0.00767 e. The van der Waals surface area contributed by atoms with Gasteiger partial charge >= 0.3 is 0 Å². The van der Waals surface area contributed by atoms with Crippen molar-refractivity contribution < 1.29 is 0 Å². The largest absolute Gasteiger partial charge is 0.327 e. The molecule has 1 unspecified atom stereocenters. The fourth-order valence-corrected chi connectivity index (χ4v) is 2.06. The van der Waals surface area contributed by atoms with Gasteiger partial charge in [-0.3, -0.25) is 0 Å². The highest BCUT2D eigenvalue weighted by Crippen LogP contribution is 2.27. The second-order valence-corrected chi connectivity index (χ2v) is 4.56. The predicted molar refractivity (Wildman–Crippen MR) is 65.7 cm³/mol. The number of hydrogen-bond acceptors (Lipinski definition) is 1. The Morgan fingerprint density at radius 1 is 1.20 bits per heavy atom. The third kappa shape index (κ3) is 2.29. The van der Waals surface area contributed by atoms with Gasteiger partial charge in [-0.1, -0.05) is 24.3 Å². The maximum absolute atomic E-state index is 5.88. The van der Waals surface area contributed by atoms with Crippen molar-refractivity contribution in [2.24, 2.45) is 5.73 Å². The van der Waals surface area contributed by atoms with Gasteiger partial charge in [0.05, 0.1) is 0 Å². The van der Waals surface area contributed by atoms with Crippen LogP contribution < -0.4 is 5.73 Å². The van der Waals surface area contributed by atoms with E-state index in [-0.39, 0.29) is 0 Å². The Hall–Kier alpha value is -1.08. The molecule has 0 saturated heterocycles. The Balaban J connectivity index is 2.26. The summed E-state index contributed by atoms with van der Waals surface area (Å²) in [7, 11) is 0. The average molecular weight is 201 g/mol. The van der Waals surface area contributed by atoms with Gasteiger partial charge in [-0.25, -0.2) is 0 Å². The second kappa shape index (κ2) is 4.19. The average Bonchev–Trinajstić information content (AvgIpc) is 2.23. The summed E-state index contributed by atoms with van der Waals surface area (Å²) < 4.78 is 0. The zero-order chi connectivity index (χ0) is 10.8. The number of aryl methyl sites for hydroxylation is 2. The predicted octanol–water partition coefficient (Wildman–Crippen LogP) is 3.20. The summed E-state index contributed by atoms with van der Waals surface area (Å²) in [5, 5.41) is 0. The quantitative estimate of drug-likeness (QED) is 0.742. The van der Waals surface area contributed by atoms with Crippen molar-refractivity contribution in [1.29, 1.82) is 0 Å². The summed E-state index contributed by atoms with van der Waals surface area (Å²) in [4.78, 5) is 0. The minimum Gasteiger partial charge on any atom is -0.327 e. The highest BCUT2D eigenvalue weighted by molar-refractivity contribution is 5.67. The Morgan fingerprint density at radius 3 is 2.60 bits per heavy atom. The molecule has 0 heterocycles. The van der Waals surface area contributed by atoms with Crippen molar-refractivity contribution in [2.45, 2.75) is 39.2 Å². The van der Waals surface area contributed by atoms with E-state index >= 15 is 0 Å². The van der Waals surface area contributed by atoms with Crippen molar-refractivity contribution in [3.05, 3.63) is 41.0 Å². The first kappa shape index (κ1) is 10.4. The molecule has 1 aliphatic carbocycles. The number of benzene rings is 1. The molecule has 2 rings (SSSR count). The first-order valence-electron chi connectivity index (χ1n) is 5.69. The van der Waals surface area contributed by atoms with E-state index in [4.69, 9.17) is 5.73 Å². The van der Waals surface area contributed by atoms with Gasteiger partial charge in [0.25, 0.3) is 0 Å². The fraction of sp³-hybridized carbons (Fsp3) is 0.429. The van der Waals surface area contributed by atoms with Gasteiger partial charge in [0, 0.05) is 6.04 Å². The third-order valence-electron chi connectivity index (χ3n) is 3.33. The summed E-state index contributed by atoms with van der Waals surface area (Å²) in [6.07, 6.45) is 5.59. The molecule has 1 heteroatoms. The van der Waals surface area contributed by atoms with Crippen LogP contribution in [0.15, 0.2) is 24.3 Å². The Morgan fingerprint density at radius 2 is 2.00 bits per heavy atom. The zero-order valence-electron chi connectivity index (χ0n) is 9.59. The molecule has 15 heavy (non-hydrogen) atoms. The number of allylic oxidation sites excluding steroid dienone is 1. The van der Waals surface area contributed by atoms with E-state index < -0.39 is 0 Å². The monoisotopic (exact) mass is 201 g/mol. The Kier molecular flexibility index (Phi) is 2.92. The zero-order valence-corrected chi connectivity index (χ0v) is 9.59. The second-order valence-electron chi connectivity index (χ2n) is 4.56. The van der Waals surface area contributed by atoms with Crippen molar-refractivity contribution in [3.63, 3.8) is 0 Å². The van der Waals surface area contributed by atoms with E-state index in [0.717, 1.165) is 19.3 Å². The van der Waals surface area contributed by atoms with Gasteiger partial charge in [-0.05, 0) is 55.4 Å². The molecule has 0 radical (unpaired) electrons. The van der Waals surface area contributed by atoms with Crippen molar-refractivity contribution in [1.82, 2.24) is 0 Å². The molecular weight excluding hydrogens is 182 g/mol. The molecule has 0 aromatic heterocycles. The molecular formula is C14H19N. The lowest BCUT2D eigenvalue weighted by molar-refractivity contribution is 0.614. The van der Waals surface area contributed by atoms with Gasteiger partial charge in [0.2, 0.25) is 0 Å². The summed E-state index contributed by atoms with van der Waals surface area (Å²) in [6, 6.07) is 7.10. The molecule has 0 amide bonds. The molecule has 0 saturated carbocycles. The number of rotatable bonds is 1. The highest BCUT2D eigenvalue weighted by Gasteiger charge is 2.11. The van der Waals surface area contributed by atoms with Crippen LogP contribution in [0.4, 0.5) is 0 Å². The number of hydrogen-bond donors (Lipinski definition) is 1. The molecule has 1 aromatic rings. The van der Waals surface area contributed by atoms with Gasteiger partial charge in [0.15, 0.2) is 0 Å². The van der Waals surface area contributed by atoms with Crippen LogP contribution in [0, 0.1) is 13.8 Å². The Bertz CT molecular complexity index is 390. The molecule has 1 nitrogen and oxygen atoms in total. The maximum atomic E-state index is 5.88. The van der Waals surface area contributed by atoms with E-state index in [0.29, 0.717) is 6.04 Å². The summed E-state index contributed by atoms with van der Waals surface area (Å²) in [6.45, 7) is 4.33. The van der Waals surface area contributed by atoms with Gasteiger partial charge in [-0.15, -0.1) is 0 Å². The lowest BCUT2D eigenvalue weighted by atomic mass is 9.90. The van der Waals surface area contributed by atoms with E-state index in [1.807, 2.05) is 0 Å². The molecule has 2 N–H and O–H groups in total. The number of nitrogens with two attached hydrogens (primary N) is 1. The van der Waals surface area contributed by atoms with E-state index in [1.54, 1.807) is 0 Å². The van der Waals surface area contributed by atoms with Crippen LogP contribution in [-0.2, 0) is 0 Å². The van der Waals surface area contributed by atoms with Crippen LogP contribution in [0.3, 0.4) is 0 Å². The topological polar surface area (TPSA) is 26.0 Å². The van der Waals surface area contributed by atoms with E-state index in [9.17, 15) is 0 Å². The fourth-order valence-electron chi connectivity index (χ4n) is 2.06. The molecule has 1 aliphatic rings.